The van der Waals surface area contributed by atoms with Crippen molar-refractivity contribution in [3.05, 3.63) is 12.7 Å². The van der Waals surface area contributed by atoms with Gasteiger partial charge in [0.25, 0.3) is 0 Å². The molecule has 0 aliphatic carbocycles. The van der Waals surface area contributed by atoms with E-state index in [0.29, 0.717) is 0 Å². The van der Waals surface area contributed by atoms with Crippen LogP contribution in [0.3, 0.4) is 0 Å². The highest BCUT2D eigenvalue weighted by atomic mass is 16.4. The number of carboxylic acids is 2. The van der Waals surface area contributed by atoms with Crippen molar-refractivity contribution >= 4 is 11.9 Å². The van der Waals surface area contributed by atoms with Gasteiger partial charge in [0.05, 0.1) is 0 Å². The molecule has 12 heavy (non-hydrogen) atoms. The van der Waals surface area contributed by atoms with Crippen LogP contribution < -0.4 is 0 Å². The largest absolute Gasteiger partial charge is 0.481 e. The van der Waals surface area contributed by atoms with Crippen LogP contribution >= 0.6 is 0 Å². The third-order valence-electron chi connectivity index (χ3n) is 0.795. The highest BCUT2D eigenvalue weighted by Gasteiger charge is 2.01. The molecule has 70 valence electrons. The molecule has 0 radical (unpaired) electrons. The van der Waals surface area contributed by atoms with Gasteiger partial charge in [-0.2, -0.15) is 0 Å². The summed E-state index contributed by atoms with van der Waals surface area (Å²) < 4.78 is 0. The Hall–Kier alpha value is -1.32. The molecule has 0 aromatic heterocycles. The Morgan fingerprint density at radius 2 is 1.75 bits per heavy atom. The molecule has 0 unspecified atom stereocenters. The first kappa shape index (κ1) is 13.3. The third-order valence-corrected chi connectivity index (χ3v) is 0.795. The average molecular weight is 174 g/mol. The zero-order chi connectivity index (χ0) is 9.98. The molecular formula is C8H14O4. The second-order valence-electron chi connectivity index (χ2n) is 2.04. The molecule has 0 aliphatic rings. The summed E-state index contributed by atoms with van der Waals surface area (Å²) in [6, 6.07) is 0. The molecular weight excluding hydrogens is 160 g/mol. The second-order valence-corrected chi connectivity index (χ2v) is 2.04. The smallest absolute Gasteiger partial charge is 0.314 e. The van der Waals surface area contributed by atoms with Crippen molar-refractivity contribution in [1.82, 2.24) is 0 Å². The molecule has 0 saturated heterocycles. The molecule has 0 amide bonds. The number of unbranched alkanes of at least 4 members (excludes halogenated alkanes) is 1. The molecule has 4 heteroatoms. The van der Waals surface area contributed by atoms with Gasteiger partial charge in [0.1, 0.15) is 6.42 Å². The van der Waals surface area contributed by atoms with Crippen LogP contribution in [0.25, 0.3) is 0 Å². The lowest BCUT2D eigenvalue weighted by Crippen LogP contribution is -2.03. The average Bonchev–Trinajstić information content (AvgIpc) is 1.87. The zero-order valence-electron chi connectivity index (χ0n) is 7.12. The predicted molar refractivity (Wildman–Crippen MR) is 45.0 cm³/mol. The van der Waals surface area contributed by atoms with E-state index in [1.807, 2.05) is 6.08 Å². The van der Waals surface area contributed by atoms with Gasteiger partial charge < -0.3 is 10.2 Å². The van der Waals surface area contributed by atoms with E-state index in [1.54, 1.807) is 0 Å². The Bertz CT molecular complexity index is 139. The van der Waals surface area contributed by atoms with Crippen molar-refractivity contribution in [1.29, 1.82) is 0 Å². The lowest BCUT2D eigenvalue weighted by atomic mass is 10.3. The predicted octanol–water partition coefficient (Wildman–Crippen LogP) is 1.52. The number of carbonyl (C=O) groups is 2. The van der Waals surface area contributed by atoms with Crippen LogP contribution in [0.1, 0.15) is 26.2 Å². The minimum atomic E-state index is -1.31. The molecule has 0 aromatic carbocycles. The summed E-state index contributed by atoms with van der Waals surface area (Å²) in [7, 11) is 0. The zero-order valence-corrected chi connectivity index (χ0v) is 7.12. The first-order valence-corrected chi connectivity index (χ1v) is 3.59. The summed E-state index contributed by atoms with van der Waals surface area (Å²) in [6.07, 6.45) is 3.50. The molecule has 0 aromatic rings. The van der Waals surface area contributed by atoms with Crippen LogP contribution in [0.15, 0.2) is 12.7 Å². The van der Waals surface area contributed by atoms with Crippen molar-refractivity contribution in [2.24, 2.45) is 0 Å². The quantitative estimate of drug-likeness (QED) is 0.500. The fraction of sp³-hybridized carbons (Fsp3) is 0.500. The lowest BCUT2D eigenvalue weighted by molar-refractivity contribution is -0.147. The molecule has 0 fully saturated rings. The lowest BCUT2D eigenvalue weighted by Gasteiger charge is -1.80. The molecule has 2 N–H and O–H groups in total. The standard InChI is InChI=1S/C5H10.C3H4O4/c1-3-5-4-2;4-2(5)1-3(6)7/h3H,1,4-5H2,2H3;1H2,(H,4,5)(H,6,7). The Labute approximate surface area is 71.5 Å². The maximum Gasteiger partial charge on any atom is 0.314 e. The SMILES string of the molecule is C=CCCC.O=C(O)CC(=O)O. The van der Waals surface area contributed by atoms with Crippen molar-refractivity contribution in [2.75, 3.05) is 0 Å². The summed E-state index contributed by atoms with van der Waals surface area (Å²) in [4.78, 5) is 18.9. The molecule has 0 atom stereocenters. The summed E-state index contributed by atoms with van der Waals surface area (Å²) in [5.74, 6) is -2.62. The van der Waals surface area contributed by atoms with Crippen molar-refractivity contribution in [3.63, 3.8) is 0 Å². The van der Waals surface area contributed by atoms with Gasteiger partial charge in [0, 0.05) is 0 Å². The van der Waals surface area contributed by atoms with Gasteiger partial charge in [0.15, 0.2) is 0 Å². The minimum Gasteiger partial charge on any atom is -0.481 e. The fourth-order valence-corrected chi connectivity index (χ4v) is 0.333. The number of hydrogen-bond donors (Lipinski definition) is 2. The Kier molecular flexibility index (Phi) is 10.7. The van der Waals surface area contributed by atoms with Gasteiger partial charge in [-0.15, -0.1) is 6.58 Å². The summed E-state index contributed by atoms with van der Waals surface area (Å²) in [6.45, 7) is 5.69. The molecule has 4 nitrogen and oxygen atoms in total. The van der Waals surface area contributed by atoms with E-state index < -0.39 is 18.4 Å². The number of rotatable bonds is 4. The van der Waals surface area contributed by atoms with Gasteiger partial charge in [-0.05, 0) is 6.42 Å². The second kappa shape index (κ2) is 9.68. The van der Waals surface area contributed by atoms with E-state index in [9.17, 15) is 9.59 Å². The molecule has 0 aliphatic heterocycles. The minimum absolute atomic E-state index is 0.806. The van der Waals surface area contributed by atoms with E-state index in [2.05, 4.69) is 13.5 Å². The Balaban J connectivity index is 0. The molecule has 0 spiro atoms. The summed E-state index contributed by atoms with van der Waals surface area (Å²) in [5, 5.41) is 15.4. The van der Waals surface area contributed by atoms with E-state index in [0.717, 1.165) is 6.42 Å². The maximum absolute atomic E-state index is 9.43. The van der Waals surface area contributed by atoms with Gasteiger partial charge >= 0.3 is 11.9 Å². The number of hydrogen-bond acceptors (Lipinski definition) is 2. The molecule has 0 rings (SSSR count). The molecule has 0 heterocycles. The molecule has 0 saturated carbocycles. The van der Waals surface area contributed by atoms with Gasteiger partial charge in [-0.1, -0.05) is 19.4 Å². The summed E-state index contributed by atoms with van der Waals surface area (Å²) >= 11 is 0. The van der Waals surface area contributed by atoms with Crippen LogP contribution in [-0.4, -0.2) is 22.2 Å². The molecule has 0 bridgehead atoms. The summed E-state index contributed by atoms with van der Waals surface area (Å²) in [5.41, 5.74) is 0. The topological polar surface area (TPSA) is 74.6 Å². The van der Waals surface area contributed by atoms with E-state index in [-0.39, 0.29) is 0 Å². The van der Waals surface area contributed by atoms with Gasteiger partial charge in [0.2, 0.25) is 0 Å². The van der Waals surface area contributed by atoms with Crippen molar-refractivity contribution < 1.29 is 19.8 Å². The van der Waals surface area contributed by atoms with Crippen molar-refractivity contribution in [2.45, 2.75) is 26.2 Å². The van der Waals surface area contributed by atoms with Crippen LogP contribution in [0.5, 0.6) is 0 Å². The Morgan fingerprint density at radius 1 is 1.33 bits per heavy atom. The van der Waals surface area contributed by atoms with Crippen LogP contribution in [0, 0.1) is 0 Å². The van der Waals surface area contributed by atoms with Crippen molar-refractivity contribution in [3.8, 4) is 0 Å². The van der Waals surface area contributed by atoms with E-state index in [4.69, 9.17) is 10.2 Å². The first-order valence-electron chi connectivity index (χ1n) is 3.59. The Morgan fingerprint density at radius 3 is 1.75 bits per heavy atom. The monoisotopic (exact) mass is 174 g/mol. The fourth-order valence-electron chi connectivity index (χ4n) is 0.333. The third kappa shape index (κ3) is 23.4. The van der Waals surface area contributed by atoms with Crippen LogP contribution in [-0.2, 0) is 9.59 Å². The first-order chi connectivity index (χ1) is 5.54. The maximum atomic E-state index is 9.43. The van der Waals surface area contributed by atoms with Gasteiger partial charge in [-0.3, -0.25) is 9.59 Å². The number of allylic oxidation sites excluding steroid dienone is 1. The normalized spacial score (nSPS) is 7.75. The van der Waals surface area contributed by atoms with E-state index >= 15 is 0 Å². The highest BCUT2D eigenvalue weighted by Crippen LogP contribution is 1.82. The van der Waals surface area contributed by atoms with Crippen LogP contribution in [0.4, 0.5) is 0 Å². The number of carboxylic acid groups (broad SMARTS) is 2. The number of aliphatic carboxylic acids is 2. The van der Waals surface area contributed by atoms with Gasteiger partial charge in [-0.25, -0.2) is 0 Å². The van der Waals surface area contributed by atoms with Crippen LogP contribution in [0.2, 0.25) is 0 Å². The van der Waals surface area contributed by atoms with E-state index in [1.165, 1.54) is 6.42 Å². The highest BCUT2D eigenvalue weighted by molar-refractivity contribution is 5.88.